The van der Waals surface area contributed by atoms with Crippen LogP contribution in [0.1, 0.15) is 28.3 Å². The number of methoxy groups -OCH3 is 3. The summed E-state index contributed by atoms with van der Waals surface area (Å²) in [6.45, 7) is 1.68. The standard InChI is InChI=1S/C20H22ClNO4/c1-24-18-6-11-4-5-22-10-14-13(7-16(22)12(11)8-17(18)23)15(21)9-19(25-2)20(14)26-3/h6,8-9,16,23H,4-5,7,10H2,1-3H3. The van der Waals surface area contributed by atoms with Gasteiger partial charge in [-0.15, -0.1) is 0 Å². The Balaban J connectivity index is 1.80. The highest BCUT2D eigenvalue weighted by Crippen LogP contribution is 2.47. The fraction of sp³-hybridized carbons (Fsp3) is 0.400. The zero-order chi connectivity index (χ0) is 18.4. The summed E-state index contributed by atoms with van der Waals surface area (Å²) < 4.78 is 16.3. The molecule has 1 atom stereocenters. The Hall–Kier alpha value is -2.11. The lowest BCUT2D eigenvalue weighted by atomic mass is 9.83. The predicted molar refractivity (Wildman–Crippen MR) is 99.8 cm³/mol. The molecule has 0 saturated heterocycles. The fourth-order valence-electron chi connectivity index (χ4n) is 4.22. The molecule has 26 heavy (non-hydrogen) atoms. The van der Waals surface area contributed by atoms with Crippen molar-refractivity contribution in [2.75, 3.05) is 27.9 Å². The topological polar surface area (TPSA) is 51.2 Å². The van der Waals surface area contributed by atoms with Gasteiger partial charge in [0.05, 0.1) is 21.3 Å². The second-order valence-electron chi connectivity index (χ2n) is 6.71. The third-order valence-corrected chi connectivity index (χ3v) is 5.84. The van der Waals surface area contributed by atoms with Crippen molar-refractivity contribution < 1.29 is 19.3 Å². The quantitative estimate of drug-likeness (QED) is 0.885. The van der Waals surface area contributed by atoms with Crippen LogP contribution in [0.2, 0.25) is 5.02 Å². The van der Waals surface area contributed by atoms with Crippen molar-refractivity contribution in [1.82, 2.24) is 4.90 Å². The molecule has 2 heterocycles. The summed E-state index contributed by atoms with van der Waals surface area (Å²) in [5, 5.41) is 10.9. The first-order valence-electron chi connectivity index (χ1n) is 8.63. The molecule has 1 unspecified atom stereocenters. The number of phenols is 1. The van der Waals surface area contributed by atoms with Crippen LogP contribution in [0, 0.1) is 0 Å². The van der Waals surface area contributed by atoms with Gasteiger partial charge in [0.25, 0.3) is 0 Å². The number of aromatic hydroxyl groups is 1. The Morgan fingerprint density at radius 3 is 2.50 bits per heavy atom. The Morgan fingerprint density at radius 1 is 1.04 bits per heavy atom. The van der Waals surface area contributed by atoms with E-state index in [9.17, 15) is 5.11 Å². The molecule has 0 aromatic heterocycles. The maximum atomic E-state index is 10.3. The number of hydrogen-bond donors (Lipinski definition) is 1. The minimum atomic E-state index is 0.178. The molecule has 2 aromatic rings. The van der Waals surface area contributed by atoms with Crippen LogP contribution in [0.4, 0.5) is 0 Å². The van der Waals surface area contributed by atoms with E-state index in [1.54, 1.807) is 21.3 Å². The first kappa shape index (κ1) is 17.3. The van der Waals surface area contributed by atoms with Gasteiger partial charge < -0.3 is 19.3 Å². The molecule has 0 bridgehead atoms. The zero-order valence-corrected chi connectivity index (χ0v) is 15.9. The summed E-state index contributed by atoms with van der Waals surface area (Å²) in [6, 6.07) is 5.79. The molecular weight excluding hydrogens is 354 g/mol. The number of hydrogen-bond acceptors (Lipinski definition) is 5. The molecule has 6 heteroatoms. The molecule has 2 aliphatic heterocycles. The van der Waals surface area contributed by atoms with E-state index in [4.69, 9.17) is 25.8 Å². The average Bonchev–Trinajstić information content (AvgIpc) is 2.66. The molecule has 0 fully saturated rings. The lowest BCUT2D eigenvalue weighted by Crippen LogP contribution is -2.39. The number of rotatable bonds is 3. The summed E-state index contributed by atoms with van der Waals surface area (Å²) in [5.74, 6) is 2.12. The Bertz CT molecular complexity index is 868. The predicted octanol–water partition coefficient (Wildman–Crippen LogP) is 3.73. The second-order valence-corrected chi connectivity index (χ2v) is 7.12. The summed E-state index contributed by atoms with van der Waals surface area (Å²) >= 11 is 6.57. The van der Waals surface area contributed by atoms with E-state index in [0.717, 1.165) is 48.4 Å². The van der Waals surface area contributed by atoms with Crippen LogP contribution in [0.15, 0.2) is 18.2 Å². The maximum absolute atomic E-state index is 10.3. The van der Waals surface area contributed by atoms with E-state index in [1.165, 1.54) is 5.56 Å². The molecule has 0 saturated carbocycles. The first-order valence-corrected chi connectivity index (χ1v) is 9.01. The molecule has 2 aliphatic rings. The number of benzene rings is 2. The summed E-state index contributed by atoms with van der Waals surface area (Å²) in [4.78, 5) is 2.41. The molecule has 0 spiro atoms. The van der Waals surface area contributed by atoms with Gasteiger partial charge in [-0.05, 0) is 41.7 Å². The fourth-order valence-corrected chi connectivity index (χ4v) is 4.51. The van der Waals surface area contributed by atoms with Gasteiger partial charge in [-0.2, -0.15) is 0 Å². The Morgan fingerprint density at radius 2 is 1.81 bits per heavy atom. The van der Waals surface area contributed by atoms with Gasteiger partial charge in [-0.25, -0.2) is 0 Å². The van der Waals surface area contributed by atoms with Crippen LogP contribution in [0.5, 0.6) is 23.0 Å². The van der Waals surface area contributed by atoms with Crippen molar-refractivity contribution in [3.05, 3.63) is 45.5 Å². The number of phenolic OH excluding ortho intramolecular Hbond substituents is 1. The number of ether oxygens (including phenoxy) is 3. The van der Waals surface area contributed by atoms with Gasteiger partial charge >= 0.3 is 0 Å². The van der Waals surface area contributed by atoms with Crippen molar-refractivity contribution in [3.63, 3.8) is 0 Å². The highest BCUT2D eigenvalue weighted by molar-refractivity contribution is 6.31. The second kappa shape index (κ2) is 6.56. The van der Waals surface area contributed by atoms with Crippen LogP contribution in [0.3, 0.4) is 0 Å². The smallest absolute Gasteiger partial charge is 0.165 e. The molecule has 5 nitrogen and oxygen atoms in total. The highest BCUT2D eigenvalue weighted by Gasteiger charge is 2.36. The number of nitrogens with zero attached hydrogens (tertiary/aromatic N) is 1. The van der Waals surface area contributed by atoms with Crippen LogP contribution in [-0.4, -0.2) is 37.9 Å². The zero-order valence-electron chi connectivity index (χ0n) is 15.1. The molecule has 1 N–H and O–H groups in total. The lowest BCUT2D eigenvalue weighted by Gasteiger charge is -2.42. The van der Waals surface area contributed by atoms with Crippen molar-refractivity contribution in [1.29, 1.82) is 0 Å². The molecule has 0 radical (unpaired) electrons. The SMILES string of the molecule is COc1cc2c(cc1O)C1Cc3c(Cl)cc(OC)c(OC)c3CN1CC2. The third kappa shape index (κ3) is 2.58. The Labute approximate surface area is 158 Å². The van der Waals surface area contributed by atoms with Gasteiger partial charge in [0.2, 0.25) is 0 Å². The van der Waals surface area contributed by atoms with Gasteiger partial charge in [0.1, 0.15) is 0 Å². The summed E-state index contributed by atoms with van der Waals surface area (Å²) in [6.07, 6.45) is 1.69. The minimum Gasteiger partial charge on any atom is -0.504 e. The van der Waals surface area contributed by atoms with Crippen LogP contribution in [-0.2, 0) is 19.4 Å². The number of fused-ring (bicyclic) bond motifs is 4. The average molecular weight is 376 g/mol. The first-order chi connectivity index (χ1) is 12.6. The molecule has 4 rings (SSSR count). The van der Waals surface area contributed by atoms with Crippen molar-refractivity contribution >= 4 is 11.6 Å². The van der Waals surface area contributed by atoms with E-state index in [1.807, 2.05) is 18.2 Å². The molecule has 138 valence electrons. The van der Waals surface area contributed by atoms with E-state index < -0.39 is 0 Å². The summed E-state index contributed by atoms with van der Waals surface area (Å²) in [5.41, 5.74) is 4.55. The Kier molecular flexibility index (Phi) is 4.37. The maximum Gasteiger partial charge on any atom is 0.165 e. The molecule has 0 aliphatic carbocycles. The largest absolute Gasteiger partial charge is 0.504 e. The highest BCUT2D eigenvalue weighted by atomic mass is 35.5. The monoisotopic (exact) mass is 375 g/mol. The van der Waals surface area contributed by atoms with Crippen molar-refractivity contribution in [2.45, 2.75) is 25.4 Å². The van der Waals surface area contributed by atoms with E-state index in [-0.39, 0.29) is 11.8 Å². The minimum absolute atomic E-state index is 0.178. The number of halogens is 1. The van der Waals surface area contributed by atoms with Gasteiger partial charge in [0.15, 0.2) is 23.0 Å². The third-order valence-electron chi connectivity index (χ3n) is 5.50. The normalized spacial score (nSPS) is 18.5. The van der Waals surface area contributed by atoms with Crippen molar-refractivity contribution in [3.8, 4) is 23.0 Å². The van der Waals surface area contributed by atoms with Crippen LogP contribution >= 0.6 is 11.6 Å². The molecule has 0 amide bonds. The molecular formula is C20H22ClNO4. The van der Waals surface area contributed by atoms with Crippen molar-refractivity contribution in [2.24, 2.45) is 0 Å². The van der Waals surface area contributed by atoms with Gasteiger partial charge in [-0.3, -0.25) is 4.90 Å². The summed E-state index contributed by atoms with van der Waals surface area (Å²) in [7, 11) is 4.86. The van der Waals surface area contributed by atoms with E-state index in [0.29, 0.717) is 16.5 Å². The van der Waals surface area contributed by atoms with Gasteiger partial charge in [-0.1, -0.05) is 11.6 Å². The van der Waals surface area contributed by atoms with E-state index in [2.05, 4.69) is 4.90 Å². The molecule has 2 aromatic carbocycles. The lowest BCUT2D eigenvalue weighted by molar-refractivity contribution is 0.157. The van der Waals surface area contributed by atoms with Gasteiger partial charge in [0, 0.05) is 35.8 Å². The van der Waals surface area contributed by atoms with Crippen LogP contribution in [0.25, 0.3) is 0 Å². The van der Waals surface area contributed by atoms with E-state index >= 15 is 0 Å². The van der Waals surface area contributed by atoms with Crippen LogP contribution < -0.4 is 14.2 Å².